The van der Waals surface area contributed by atoms with Crippen LogP contribution in [0.3, 0.4) is 0 Å². The first-order chi connectivity index (χ1) is 11.1. The number of hydrogen-bond acceptors (Lipinski definition) is 5. The Kier molecular flexibility index (Phi) is 4.39. The van der Waals surface area contributed by atoms with Crippen LogP contribution in [0.5, 0.6) is 0 Å². The van der Waals surface area contributed by atoms with Crippen LogP contribution in [0.15, 0.2) is 24.5 Å². The normalized spacial score (nSPS) is 17.4. The maximum atomic E-state index is 13.4. The third-order valence-electron chi connectivity index (χ3n) is 4.35. The molecule has 5 nitrogen and oxygen atoms in total. The second-order valence-electron chi connectivity index (χ2n) is 6.20. The molecule has 0 aliphatic carbocycles. The predicted octanol–water partition coefficient (Wildman–Crippen LogP) is 2.44. The van der Waals surface area contributed by atoms with Gasteiger partial charge in [-0.1, -0.05) is 13.8 Å². The zero-order valence-electron chi connectivity index (χ0n) is 13.4. The van der Waals surface area contributed by atoms with Gasteiger partial charge < -0.3 is 4.90 Å². The number of nitriles is 1. The number of anilines is 1. The molecule has 0 bridgehead atoms. The van der Waals surface area contributed by atoms with Gasteiger partial charge in [0.25, 0.3) is 0 Å². The number of rotatable bonds is 3. The average Bonchev–Trinajstić information content (AvgIpc) is 2.55. The highest BCUT2D eigenvalue weighted by Crippen LogP contribution is 2.25. The molecule has 3 rings (SSSR count). The number of halogens is 1. The van der Waals surface area contributed by atoms with Gasteiger partial charge in [0.15, 0.2) is 0 Å². The Morgan fingerprint density at radius 3 is 2.57 bits per heavy atom. The number of benzene rings is 1. The molecule has 120 valence electrons. The summed E-state index contributed by atoms with van der Waals surface area (Å²) in [6, 6.07) is 6.96. The minimum absolute atomic E-state index is 0.0478. The zero-order chi connectivity index (χ0) is 16.4. The van der Waals surface area contributed by atoms with Gasteiger partial charge in [0.05, 0.1) is 11.6 Å². The van der Waals surface area contributed by atoms with Gasteiger partial charge in [0.2, 0.25) is 0 Å². The second kappa shape index (κ2) is 6.47. The lowest BCUT2D eigenvalue weighted by Crippen LogP contribution is -2.51. The summed E-state index contributed by atoms with van der Waals surface area (Å²) >= 11 is 0. The fourth-order valence-electron chi connectivity index (χ4n) is 3.13. The van der Waals surface area contributed by atoms with Gasteiger partial charge in [-0.3, -0.25) is 4.90 Å². The van der Waals surface area contributed by atoms with E-state index in [0.29, 0.717) is 11.4 Å². The van der Waals surface area contributed by atoms with E-state index in [1.165, 1.54) is 18.5 Å². The van der Waals surface area contributed by atoms with Crippen LogP contribution in [-0.2, 0) is 0 Å². The first kappa shape index (κ1) is 15.6. The van der Waals surface area contributed by atoms with Crippen molar-refractivity contribution < 1.29 is 4.39 Å². The fraction of sp³-hybridized carbons (Fsp3) is 0.471. The van der Waals surface area contributed by atoms with Crippen molar-refractivity contribution in [3.8, 4) is 6.07 Å². The third-order valence-corrected chi connectivity index (χ3v) is 4.35. The SMILES string of the molecule is CC(C)[C@@H](C#N)N1CCN(c2ncnc3cc(F)ccc23)CC1. The van der Waals surface area contributed by atoms with E-state index in [0.717, 1.165) is 37.4 Å². The third kappa shape index (κ3) is 3.10. The molecule has 1 aliphatic rings. The molecule has 0 amide bonds. The maximum absolute atomic E-state index is 13.4. The lowest BCUT2D eigenvalue weighted by Gasteiger charge is -2.38. The number of aromatic nitrogens is 2. The van der Waals surface area contributed by atoms with Crippen molar-refractivity contribution in [2.24, 2.45) is 5.92 Å². The molecule has 1 atom stereocenters. The van der Waals surface area contributed by atoms with Gasteiger partial charge in [-0.15, -0.1) is 0 Å². The van der Waals surface area contributed by atoms with Crippen molar-refractivity contribution in [2.75, 3.05) is 31.1 Å². The van der Waals surface area contributed by atoms with E-state index in [-0.39, 0.29) is 11.9 Å². The van der Waals surface area contributed by atoms with E-state index in [2.05, 4.69) is 39.7 Å². The summed E-state index contributed by atoms with van der Waals surface area (Å²) in [6.45, 7) is 7.40. The Bertz CT molecular complexity index is 731. The fourth-order valence-corrected chi connectivity index (χ4v) is 3.13. The topological polar surface area (TPSA) is 56.1 Å². The lowest BCUT2D eigenvalue weighted by molar-refractivity contribution is 0.184. The largest absolute Gasteiger partial charge is 0.353 e. The van der Waals surface area contributed by atoms with E-state index in [9.17, 15) is 9.65 Å². The Balaban J connectivity index is 1.80. The Hall–Kier alpha value is -2.26. The Morgan fingerprint density at radius 1 is 1.17 bits per heavy atom. The number of fused-ring (bicyclic) bond motifs is 1. The summed E-state index contributed by atoms with van der Waals surface area (Å²) in [5.74, 6) is 0.864. The first-order valence-electron chi connectivity index (χ1n) is 7.89. The van der Waals surface area contributed by atoms with E-state index >= 15 is 0 Å². The van der Waals surface area contributed by atoms with Crippen LogP contribution in [0.4, 0.5) is 10.2 Å². The number of hydrogen-bond donors (Lipinski definition) is 0. The van der Waals surface area contributed by atoms with Crippen molar-refractivity contribution in [1.82, 2.24) is 14.9 Å². The first-order valence-corrected chi connectivity index (χ1v) is 7.89. The monoisotopic (exact) mass is 313 g/mol. The van der Waals surface area contributed by atoms with Crippen LogP contribution >= 0.6 is 0 Å². The van der Waals surface area contributed by atoms with E-state index in [1.54, 1.807) is 6.07 Å². The Morgan fingerprint density at radius 2 is 1.91 bits per heavy atom. The number of nitrogens with zero attached hydrogens (tertiary/aromatic N) is 5. The van der Waals surface area contributed by atoms with Crippen LogP contribution in [0.1, 0.15) is 13.8 Å². The van der Waals surface area contributed by atoms with Crippen molar-refractivity contribution in [3.05, 3.63) is 30.3 Å². The highest BCUT2D eigenvalue weighted by atomic mass is 19.1. The predicted molar refractivity (Wildman–Crippen MR) is 87.5 cm³/mol. The number of piperazine rings is 1. The molecular formula is C17H20FN5. The summed E-state index contributed by atoms with van der Waals surface area (Å²) < 4.78 is 13.4. The zero-order valence-corrected chi connectivity index (χ0v) is 13.4. The molecule has 0 N–H and O–H groups in total. The molecule has 1 aliphatic heterocycles. The van der Waals surface area contributed by atoms with Gasteiger partial charge in [0, 0.05) is 37.6 Å². The maximum Gasteiger partial charge on any atom is 0.139 e. The molecule has 0 saturated carbocycles. The minimum atomic E-state index is -0.291. The molecule has 1 saturated heterocycles. The summed E-state index contributed by atoms with van der Waals surface area (Å²) in [4.78, 5) is 13.0. The van der Waals surface area contributed by atoms with Gasteiger partial charge >= 0.3 is 0 Å². The molecule has 6 heteroatoms. The van der Waals surface area contributed by atoms with E-state index in [4.69, 9.17) is 0 Å². The highest BCUT2D eigenvalue weighted by molar-refractivity contribution is 5.89. The standard InChI is InChI=1S/C17H20FN5/c1-12(2)16(10-19)22-5-7-23(8-6-22)17-14-4-3-13(18)9-15(14)20-11-21-17/h3-4,9,11-12,16H,5-8H2,1-2H3/t16-/m1/s1. The van der Waals surface area contributed by atoms with Crippen molar-refractivity contribution >= 4 is 16.7 Å². The summed E-state index contributed by atoms with van der Waals surface area (Å²) in [5.41, 5.74) is 0.620. The smallest absolute Gasteiger partial charge is 0.139 e. The molecule has 2 heterocycles. The molecule has 23 heavy (non-hydrogen) atoms. The Labute approximate surface area is 135 Å². The highest BCUT2D eigenvalue weighted by Gasteiger charge is 2.26. The van der Waals surface area contributed by atoms with Gasteiger partial charge in [0.1, 0.15) is 24.0 Å². The quantitative estimate of drug-likeness (QED) is 0.871. The summed E-state index contributed by atoms with van der Waals surface area (Å²) in [5, 5.41) is 10.2. The summed E-state index contributed by atoms with van der Waals surface area (Å²) in [7, 11) is 0. The van der Waals surface area contributed by atoms with Gasteiger partial charge in [-0.05, 0) is 18.1 Å². The second-order valence-corrected chi connectivity index (χ2v) is 6.20. The van der Waals surface area contributed by atoms with E-state index < -0.39 is 0 Å². The van der Waals surface area contributed by atoms with Crippen molar-refractivity contribution in [3.63, 3.8) is 0 Å². The van der Waals surface area contributed by atoms with Crippen molar-refractivity contribution in [1.29, 1.82) is 5.26 Å². The van der Waals surface area contributed by atoms with Crippen LogP contribution < -0.4 is 4.90 Å². The molecule has 0 spiro atoms. The van der Waals surface area contributed by atoms with Crippen LogP contribution in [-0.4, -0.2) is 47.1 Å². The summed E-state index contributed by atoms with van der Waals surface area (Å²) in [6.07, 6.45) is 1.48. The molecule has 0 unspecified atom stereocenters. The molecule has 1 aromatic heterocycles. The van der Waals surface area contributed by atoms with Crippen LogP contribution in [0, 0.1) is 23.1 Å². The lowest BCUT2D eigenvalue weighted by atomic mass is 10.0. The molecule has 0 radical (unpaired) electrons. The minimum Gasteiger partial charge on any atom is -0.353 e. The molecule has 1 fully saturated rings. The van der Waals surface area contributed by atoms with E-state index in [1.807, 2.05) is 0 Å². The molecule has 1 aromatic carbocycles. The van der Waals surface area contributed by atoms with Crippen LogP contribution in [0.25, 0.3) is 10.9 Å². The average molecular weight is 313 g/mol. The van der Waals surface area contributed by atoms with Gasteiger partial charge in [-0.25, -0.2) is 14.4 Å². The molecular weight excluding hydrogens is 293 g/mol. The molecule has 2 aromatic rings. The van der Waals surface area contributed by atoms with Crippen LogP contribution in [0.2, 0.25) is 0 Å². The van der Waals surface area contributed by atoms with Crippen molar-refractivity contribution in [2.45, 2.75) is 19.9 Å². The van der Waals surface area contributed by atoms with Gasteiger partial charge in [-0.2, -0.15) is 5.26 Å².